The van der Waals surface area contributed by atoms with E-state index in [2.05, 4.69) is 34.1 Å². The third-order valence-electron chi connectivity index (χ3n) is 9.70. The molecule has 8 heteroatoms. The van der Waals surface area contributed by atoms with Crippen molar-refractivity contribution >= 4 is 29.2 Å². The van der Waals surface area contributed by atoms with Gasteiger partial charge in [0.05, 0.1) is 17.6 Å². The number of hydrogen-bond acceptors (Lipinski definition) is 6. The minimum absolute atomic E-state index is 0.139. The van der Waals surface area contributed by atoms with Gasteiger partial charge in [0.2, 0.25) is 11.8 Å². The molecule has 0 bridgehead atoms. The van der Waals surface area contributed by atoms with Gasteiger partial charge >= 0.3 is 5.97 Å². The highest BCUT2D eigenvalue weighted by atomic mass is 16.6. The van der Waals surface area contributed by atoms with Gasteiger partial charge in [-0.1, -0.05) is 48.5 Å². The standard InChI is InChI=1S/C38H46N4O4/c1-36(2,3)46-33(43)29-14-11-13-28(25-29)26-40-27-42(30-15-7-6-8-16-30)38(35(40)45)19-23-39(24-20-38)21-12-22-41-32-18-10-9-17-31(32)37(4,5)34(41)44/h6-11,13-18,25H,12,19-24,26-27H2,1-5H3. The number of rotatable bonds is 8. The average Bonchev–Trinajstić information content (AvgIpc) is 3.40. The number of nitrogens with zero attached hydrogens (tertiary/aromatic N) is 4. The summed E-state index contributed by atoms with van der Waals surface area (Å²) in [5, 5.41) is 0. The van der Waals surface area contributed by atoms with Crippen LogP contribution in [-0.2, 0) is 26.3 Å². The molecule has 3 aliphatic heterocycles. The predicted octanol–water partition coefficient (Wildman–Crippen LogP) is 6.00. The third-order valence-corrected chi connectivity index (χ3v) is 9.70. The molecule has 3 aromatic rings. The first-order valence-electron chi connectivity index (χ1n) is 16.5. The molecule has 2 amide bonds. The maximum atomic E-state index is 14.3. The van der Waals surface area contributed by atoms with Crippen molar-refractivity contribution in [3.8, 4) is 0 Å². The number of esters is 1. The Morgan fingerprint density at radius 2 is 1.54 bits per heavy atom. The van der Waals surface area contributed by atoms with E-state index in [4.69, 9.17) is 4.74 Å². The predicted molar refractivity (Wildman–Crippen MR) is 181 cm³/mol. The molecule has 2 saturated heterocycles. The van der Waals surface area contributed by atoms with Crippen LogP contribution in [0.25, 0.3) is 0 Å². The van der Waals surface area contributed by atoms with Gasteiger partial charge in [-0.15, -0.1) is 0 Å². The smallest absolute Gasteiger partial charge is 0.338 e. The number of amides is 2. The molecule has 0 saturated carbocycles. The molecule has 2 fully saturated rings. The molecule has 3 aliphatic rings. The van der Waals surface area contributed by atoms with E-state index in [-0.39, 0.29) is 17.8 Å². The zero-order chi connectivity index (χ0) is 32.7. The van der Waals surface area contributed by atoms with Crippen LogP contribution in [0.15, 0.2) is 78.9 Å². The molecule has 0 aliphatic carbocycles. The molecule has 0 aromatic heterocycles. The lowest BCUT2D eigenvalue weighted by atomic mass is 9.85. The second-order valence-corrected chi connectivity index (χ2v) is 14.4. The van der Waals surface area contributed by atoms with Gasteiger partial charge in [-0.05, 0) is 102 Å². The highest BCUT2D eigenvalue weighted by Gasteiger charge is 2.53. The van der Waals surface area contributed by atoms with E-state index in [0.717, 1.165) is 61.4 Å². The number of carbonyl (C=O) groups is 3. The van der Waals surface area contributed by atoms with E-state index in [1.165, 1.54) is 0 Å². The number of para-hydroxylation sites is 2. The number of carbonyl (C=O) groups excluding carboxylic acids is 3. The fraction of sp³-hybridized carbons (Fsp3) is 0.447. The van der Waals surface area contributed by atoms with Crippen molar-refractivity contribution in [2.75, 3.05) is 42.6 Å². The van der Waals surface area contributed by atoms with Crippen molar-refractivity contribution in [2.45, 2.75) is 77.0 Å². The molecule has 0 radical (unpaired) electrons. The van der Waals surface area contributed by atoms with Crippen LogP contribution in [0.4, 0.5) is 11.4 Å². The first-order chi connectivity index (χ1) is 21.9. The fourth-order valence-corrected chi connectivity index (χ4v) is 7.30. The quantitative estimate of drug-likeness (QED) is 0.287. The summed E-state index contributed by atoms with van der Waals surface area (Å²) in [6, 6.07) is 25.8. The van der Waals surface area contributed by atoms with Gasteiger partial charge in [0.25, 0.3) is 0 Å². The summed E-state index contributed by atoms with van der Waals surface area (Å²) in [4.78, 5) is 48.9. The molecule has 0 atom stereocenters. The zero-order valence-electron chi connectivity index (χ0n) is 27.8. The van der Waals surface area contributed by atoms with E-state index in [1.807, 2.05) is 92.9 Å². The van der Waals surface area contributed by atoms with Crippen LogP contribution < -0.4 is 9.80 Å². The summed E-state index contributed by atoms with van der Waals surface area (Å²) in [5.41, 5.74) is 2.87. The van der Waals surface area contributed by atoms with Crippen molar-refractivity contribution in [1.29, 1.82) is 0 Å². The van der Waals surface area contributed by atoms with Gasteiger partial charge in [0.15, 0.2) is 0 Å². The van der Waals surface area contributed by atoms with Gasteiger partial charge in [0.1, 0.15) is 11.1 Å². The molecule has 0 unspecified atom stereocenters. The normalized spacial score (nSPS) is 19.2. The Hall–Kier alpha value is -4.17. The van der Waals surface area contributed by atoms with Crippen molar-refractivity contribution in [3.63, 3.8) is 0 Å². The van der Waals surface area contributed by atoms with Crippen molar-refractivity contribution in [3.05, 3.63) is 95.6 Å². The molecule has 0 N–H and O–H groups in total. The third kappa shape index (κ3) is 6.03. The monoisotopic (exact) mass is 622 g/mol. The topological polar surface area (TPSA) is 73.4 Å². The molecule has 6 rings (SSSR count). The number of anilines is 2. The van der Waals surface area contributed by atoms with Gasteiger partial charge in [-0.25, -0.2) is 4.79 Å². The van der Waals surface area contributed by atoms with Crippen LogP contribution in [0.5, 0.6) is 0 Å². The van der Waals surface area contributed by atoms with E-state index < -0.39 is 16.6 Å². The Kier molecular flexibility index (Phi) is 8.44. The number of likely N-dealkylation sites (tertiary alicyclic amines) is 1. The van der Waals surface area contributed by atoms with Crippen LogP contribution in [0.3, 0.4) is 0 Å². The summed E-state index contributed by atoms with van der Waals surface area (Å²) in [7, 11) is 0. The zero-order valence-corrected chi connectivity index (χ0v) is 27.8. The molecule has 3 heterocycles. The maximum Gasteiger partial charge on any atom is 0.338 e. The van der Waals surface area contributed by atoms with Gasteiger partial charge < -0.3 is 24.3 Å². The van der Waals surface area contributed by atoms with Crippen molar-refractivity contribution < 1.29 is 19.1 Å². The van der Waals surface area contributed by atoms with Crippen LogP contribution in [-0.4, -0.2) is 71.6 Å². The summed E-state index contributed by atoms with van der Waals surface area (Å²) in [6.45, 7) is 13.7. The minimum Gasteiger partial charge on any atom is -0.456 e. The highest BCUT2D eigenvalue weighted by molar-refractivity contribution is 6.07. The Balaban J connectivity index is 1.13. The molecule has 242 valence electrons. The Morgan fingerprint density at radius 3 is 2.26 bits per heavy atom. The lowest BCUT2D eigenvalue weighted by Crippen LogP contribution is -2.56. The fourth-order valence-electron chi connectivity index (χ4n) is 7.30. The molecule has 1 spiro atoms. The SMILES string of the molecule is CC(C)(C)OC(=O)c1cccc(CN2CN(c3ccccc3)C3(CCN(CCCN4C(=O)C(C)(C)c5ccccc54)CC3)C2=O)c1. The minimum atomic E-state index is -0.617. The first-order valence-corrected chi connectivity index (χ1v) is 16.5. The van der Waals surface area contributed by atoms with Crippen LogP contribution in [0.2, 0.25) is 0 Å². The van der Waals surface area contributed by atoms with Crippen LogP contribution >= 0.6 is 0 Å². The summed E-state index contributed by atoms with van der Waals surface area (Å²) in [5.74, 6) is -0.0582. The van der Waals surface area contributed by atoms with E-state index in [9.17, 15) is 14.4 Å². The number of ether oxygens (including phenoxy) is 1. The first kappa shape index (κ1) is 31.8. The van der Waals surface area contributed by atoms with Gasteiger partial charge in [0, 0.05) is 37.6 Å². The summed E-state index contributed by atoms with van der Waals surface area (Å²) >= 11 is 0. The lowest BCUT2D eigenvalue weighted by molar-refractivity contribution is -0.134. The molecule has 46 heavy (non-hydrogen) atoms. The van der Waals surface area contributed by atoms with Crippen molar-refractivity contribution in [2.24, 2.45) is 0 Å². The Bertz CT molecular complexity index is 1600. The van der Waals surface area contributed by atoms with Crippen LogP contribution in [0, 0.1) is 0 Å². The number of fused-ring (bicyclic) bond motifs is 1. The second kappa shape index (κ2) is 12.2. The van der Waals surface area contributed by atoms with E-state index in [0.29, 0.717) is 25.3 Å². The Morgan fingerprint density at radius 1 is 0.848 bits per heavy atom. The van der Waals surface area contributed by atoms with Crippen molar-refractivity contribution in [1.82, 2.24) is 9.80 Å². The average molecular weight is 623 g/mol. The van der Waals surface area contributed by atoms with E-state index >= 15 is 0 Å². The highest BCUT2D eigenvalue weighted by Crippen LogP contribution is 2.42. The van der Waals surface area contributed by atoms with E-state index in [1.54, 1.807) is 6.07 Å². The molecule has 3 aromatic carbocycles. The molecular formula is C38H46N4O4. The maximum absolute atomic E-state index is 14.3. The van der Waals surface area contributed by atoms with Crippen LogP contribution in [0.1, 0.15) is 75.4 Å². The number of hydrogen-bond donors (Lipinski definition) is 0. The Labute approximate surface area is 272 Å². The second-order valence-electron chi connectivity index (χ2n) is 14.4. The molecule has 8 nitrogen and oxygen atoms in total. The lowest BCUT2D eigenvalue weighted by Gasteiger charge is -2.43. The number of piperidine rings is 1. The summed E-state index contributed by atoms with van der Waals surface area (Å²) < 4.78 is 5.58. The largest absolute Gasteiger partial charge is 0.456 e. The summed E-state index contributed by atoms with van der Waals surface area (Å²) in [6.07, 6.45) is 2.33. The van der Waals surface area contributed by atoms with Gasteiger partial charge in [-0.3, -0.25) is 9.59 Å². The van der Waals surface area contributed by atoms with Gasteiger partial charge in [-0.2, -0.15) is 0 Å². The number of benzene rings is 3. The molecular weight excluding hydrogens is 576 g/mol.